The lowest BCUT2D eigenvalue weighted by Gasteiger charge is -2.17. The second-order valence-electron chi connectivity index (χ2n) is 6.40. The number of hydrogen-bond acceptors (Lipinski definition) is 6. The van der Waals surface area contributed by atoms with E-state index in [-0.39, 0.29) is 12.3 Å². The van der Waals surface area contributed by atoms with Gasteiger partial charge in [-0.3, -0.25) is 24.9 Å². The zero-order valence-electron chi connectivity index (χ0n) is 16.3. The molecule has 0 radical (unpaired) electrons. The zero-order valence-corrected chi connectivity index (χ0v) is 16.3. The third kappa shape index (κ3) is 5.90. The van der Waals surface area contributed by atoms with Gasteiger partial charge in [-0.1, -0.05) is 12.0 Å². The number of terminal acetylenes is 1. The summed E-state index contributed by atoms with van der Waals surface area (Å²) in [5.41, 5.74) is -1.21. The van der Waals surface area contributed by atoms with Crippen molar-refractivity contribution in [2.75, 3.05) is 7.05 Å². The summed E-state index contributed by atoms with van der Waals surface area (Å²) in [6.07, 6.45) is 11.3. The van der Waals surface area contributed by atoms with E-state index >= 15 is 0 Å². The van der Waals surface area contributed by atoms with Gasteiger partial charge in [-0.25, -0.2) is 4.79 Å². The maximum atomic E-state index is 12.0. The number of amidine groups is 1. The van der Waals surface area contributed by atoms with Crippen LogP contribution in [0.4, 0.5) is 4.79 Å². The third-order valence-corrected chi connectivity index (χ3v) is 4.23. The maximum Gasteiger partial charge on any atom is 0.322 e. The van der Waals surface area contributed by atoms with Gasteiger partial charge < -0.3 is 15.1 Å². The molecule has 1 aliphatic heterocycles. The molecule has 1 aromatic heterocycles. The zero-order chi connectivity index (χ0) is 21.3. The van der Waals surface area contributed by atoms with Crippen LogP contribution in [0.25, 0.3) is 0 Å². The molecular weight excluding hydrogens is 374 g/mol. The number of nitrogens with one attached hydrogen (secondary N) is 3. The number of furan rings is 1. The van der Waals surface area contributed by atoms with Crippen LogP contribution < -0.4 is 16.0 Å². The first-order valence-corrected chi connectivity index (χ1v) is 9.00. The lowest BCUT2D eigenvalue weighted by molar-refractivity contribution is -0.124. The van der Waals surface area contributed by atoms with Crippen molar-refractivity contribution in [3.05, 3.63) is 35.9 Å². The first-order chi connectivity index (χ1) is 13.9. The first kappa shape index (κ1) is 21.6. The largest absolute Gasteiger partial charge is 0.463 e. The Bertz CT molecular complexity index is 906. The Morgan fingerprint density at radius 2 is 2.21 bits per heavy atom. The molecular formula is C20H23N5O4. The van der Waals surface area contributed by atoms with Gasteiger partial charge in [0.1, 0.15) is 17.4 Å². The Morgan fingerprint density at radius 1 is 1.41 bits per heavy atom. The average Bonchev–Trinajstić information content (AvgIpc) is 3.25. The summed E-state index contributed by atoms with van der Waals surface area (Å²) >= 11 is 0. The number of aryl methyl sites for hydroxylation is 1. The summed E-state index contributed by atoms with van der Waals surface area (Å²) in [6, 6.07) is 2.89. The molecule has 4 amide bonds. The smallest absolute Gasteiger partial charge is 0.322 e. The Labute approximate surface area is 168 Å². The van der Waals surface area contributed by atoms with E-state index in [2.05, 4.69) is 31.9 Å². The predicted molar refractivity (Wildman–Crippen MR) is 108 cm³/mol. The van der Waals surface area contributed by atoms with Crippen molar-refractivity contribution in [1.82, 2.24) is 16.0 Å². The molecule has 3 N–H and O–H groups in total. The van der Waals surface area contributed by atoms with E-state index in [0.29, 0.717) is 36.6 Å². The lowest BCUT2D eigenvalue weighted by Crippen LogP contribution is -2.40. The molecule has 9 nitrogen and oxygen atoms in total. The van der Waals surface area contributed by atoms with Crippen LogP contribution in [0.15, 0.2) is 38.8 Å². The summed E-state index contributed by atoms with van der Waals surface area (Å²) in [4.78, 5) is 43.1. The van der Waals surface area contributed by atoms with Crippen LogP contribution in [0.3, 0.4) is 0 Å². The van der Waals surface area contributed by atoms with Crippen LogP contribution in [0.1, 0.15) is 37.7 Å². The summed E-state index contributed by atoms with van der Waals surface area (Å²) in [6.45, 7) is 1.58. The van der Waals surface area contributed by atoms with E-state index in [1.54, 1.807) is 32.2 Å². The lowest BCUT2D eigenvalue weighted by atomic mass is 10.00. The van der Waals surface area contributed by atoms with Crippen LogP contribution in [-0.2, 0) is 21.5 Å². The maximum absolute atomic E-state index is 12.0. The molecule has 1 aromatic rings. The van der Waals surface area contributed by atoms with E-state index < -0.39 is 17.5 Å². The first-order valence-electron chi connectivity index (χ1n) is 9.00. The molecule has 1 fully saturated rings. The Balaban J connectivity index is 1.81. The number of amides is 4. The van der Waals surface area contributed by atoms with E-state index in [9.17, 15) is 14.4 Å². The molecule has 0 bridgehead atoms. The highest BCUT2D eigenvalue weighted by molar-refractivity contribution is 6.06. The molecule has 2 heterocycles. The monoisotopic (exact) mass is 397 g/mol. The minimum Gasteiger partial charge on any atom is -0.463 e. The van der Waals surface area contributed by atoms with Crippen LogP contribution in [0.5, 0.6) is 0 Å². The number of rotatable bonds is 8. The number of nitrogens with zero attached hydrogens (tertiary/aromatic N) is 2. The van der Waals surface area contributed by atoms with E-state index in [0.717, 1.165) is 0 Å². The molecule has 29 heavy (non-hydrogen) atoms. The number of imide groups is 1. The van der Waals surface area contributed by atoms with E-state index in [1.807, 2.05) is 0 Å². The minimum absolute atomic E-state index is 0.162. The van der Waals surface area contributed by atoms with E-state index in [4.69, 9.17) is 10.8 Å². The normalized spacial score (nSPS) is 19.4. The molecule has 1 aliphatic rings. The van der Waals surface area contributed by atoms with Crippen LogP contribution in [0, 0.1) is 12.3 Å². The molecule has 1 atom stereocenters. The second kappa shape index (κ2) is 10.0. The highest BCUT2D eigenvalue weighted by Crippen LogP contribution is 2.26. The fraction of sp³-hybridized carbons (Fsp3) is 0.350. The van der Waals surface area contributed by atoms with Crippen molar-refractivity contribution in [3.8, 4) is 12.3 Å². The molecule has 9 heteroatoms. The molecule has 2 rings (SSSR count). The number of carbonyl (C=O) groups excluding carboxylic acids is 3. The minimum atomic E-state index is -1.21. The van der Waals surface area contributed by atoms with Gasteiger partial charge in [0.2, 0.25) is 5.91 Å². The average molecular weight is 397 g/mol. The number of aliphatic imine (C=N–C) groups is 2. The van der Waals surface area contributed by atoms with Crippen LogP contribution >= 0.6 is 0 Å². The van der Waals surface area contributed by atoms with Crippen molar-refractivity contribution in [1.29, 1.82) is 0 Å². The van der Waals surface area contributed by atoms with Gasteiger partial charge in [0.25, 0.3) is 5.91 Å². The molecule has 0 saturated carbocycles. The number of carbonyl (C=O) groups is 3. The molecule has 0 aromatic carbocycles. The molecule has 152 valence electrons. The summed E-state index contributed by atoms with van der Waals surface area (Å²) < 4.78 is 5.73. The molecule has 0 spiro atoms. The SMILES string of the molecule is C#CC=N/C=C\CC(=O)NC(CCCc1ccc(C2(C)NC(=O)NC2=O)o1)=NC. The highest BCUT2D eigenvalue weighted by atomic mass is 16.3. The Morgan fingerprint density at radius 3 is 2.86 bits per heavy atom. The summed E-state index contributed by atoms with van der Waals surface area (Å²) in [7, 11) is 1.61. The second-order valence-corrected chi connectivity index (χ2v) is 6.40. The Kier molecular flexibility index (Phi) is 7.48. The molecule has 1 unspecified atom stereocenters. The fourth-order valence-corrected chi connectivity index (χ4v) is 2.68. The topological polar surface area (TPSA) is 125 Å². The van der Waals surface area contributed by atoms with Gasteiger partial charge in [0.05, 0.1) is 6.21 Å². The Hall–Kier alpha value is -3.67. The quantitative estimate of drug-likeness (QED) is 0.265. The van der Waals surface area contributed by atoms with Gasteiger partial charge in [0.15, 0.2) is 5.54 Å². The van der Waals surface area contributed by atoms with Crippen molar-refractivity contribution in [2.45, 2.75) is 38.1 Å². The van der Waals surface area contributed by atoms with Crippen molar-refractivity contribution >= 4 is 29.9 Å². The number of hydrogen-bond donors (Lipinski definition) is 3. The van der Waals surface area contributed by atoms with E-state index in [1.165, 1.54) is 12.4 Å². The standard InChI is InChI=1S/C20H23N5O4/c1-4-12-22-13-6-9-17(26)23-16(21-3)8-5-7-14-10-11-15(29-14)20(2)18(27)24-19(28)25-20/h1,6,10-13H,5,7-9H2,2-3H3,(H,21,23,26)(H2,24,25,27,28)/b13-6-,22-12?. The van der Waals surface area contributed by atoms with Crippen molar-refractivity contribution in [2.24, 2.45) is 9.98 Å². The predicted octanol–water partition coefficient (Wildman–Crippen LogP) is 1.41. The van der Waals surface area contributed by atoms with Gasteiger partial charge in [-0.15, -0.1) is 6.42 Å². The number of urea groups is 1. The van der Waals surface area contributed by atoms with Gasteiger partial charge >= 0.3 is 6.03 Å². The van der Waals surface area contributed by atoms with Gasteiger partial charge in [0, 0.05) is 32.5 Å². The highest BCUT2D eigenvalue weighted by Gasteiger charge is 2.45. The summed E-state index contributed by atoms with van der Waals surface area (Å²) in [5.74, 6) is 3.20. The molecule has 0 aliphatic carbocycles. The fourth-order valence-electron chi connectivity index (χ4n) is 2.68. The van der Waals surface area contributed by atoms with Gasteiger partial charge in [-0.2, -0.15) is 0 Å². The summed E-state index contributed by atoms with van der Waals surface area (Å²) in [5, 5.41) is 7.50. The van der Waals surface area contributed by atoms with Crippen LogP contribution in [0.2, 0.25) is 0 Å². The van der Waals surface area contributed by atoms with Gasteiger partial charge in [-0.05, 0) is 25.5 Å². The third-order valence-electron chi connectivity index (χ3n) is 4.23. The van der Waals surface area contributed by atoms with Crippen molar-refractivity contribution < 1.29 is 18.8 Å². The van der Waals surface area contributed by atoms with Crippen LogP contribution in [-0.4, -0.2) is 36.9 Å². The van der Waals surface area contributed by atoms with Crippen molar-refractivity contribution in [3.63, 3.8) is 0 Å². The molecule has 1 saturated heterocycles.